The van der Waals surface area contributed by atoms with Gasteiger partial charge in [0, 0.05) is 30.8 Å². The first-order chi connectivity index (χ1) is 10.1. The number of halogens is 1. The van der Waals surface area contributed by atoms with Gasteiger partial charge in [0.05, 0.1) is 5.02 Å². The molecule has 0 atom stereocenters. The number of hydrogen-bond donors (Lipinski definition) is 0. The number of rotatable bonds is 6. The number of Topliss-reactive ketones (excluding diaryl/α,β-unsaturated/α-hetero) is 1. The summed E-state index contributed by atoms with van der Waals surface area (Å²) < 4.78 is 0. The van der Waals surface area contributed by atoms with E-state index in [-0.39, 0.29) is 5.78 Å². The van der Waals surface area contributed by atoms with E-state index in [2.05, 4.69) is 36.9 Å². The summed E-state index contributed by atoms with van der Waals surface area (Å²) in [6.45, 7) is 5.75. The van der Waals surface area contributed by atoms with E-state index in [9.17, 15) is 4.79 Å². The minimum atomic E-state index is 0.0895. The van der Waals surface area contributed by atoms with Crippen LogP contribution in [0.15, 0.2) is 48.5 Å². The quantitative estimate of drug-likeness (QED) is 0.718. The molecule has 0 saturated carbocycles. The molecule has 0 spiro atoms. The van der Waals surface area contributed by atoms with E-state index in [4.69, 9.17) is 11.6 Å². The molecule has 0 amide bonds. The summed E-state index contributed by atoms with van der Waals surface area (Å²) in [4.78, 5) is 14.5. The molecule has 2 aromatic rings. The zero-order valence-electron chi connectivity index (χ0n) is 12.5. The van der Waals surface area contributed by atoms with Crippen molar-refractivity contribution in [2.45, 2.75) is 20.3 Å². The molecule has 2 nitrogen and oxygen atoms in total. The first-order valence-corrected chi connectivity index (χ1v) is 7.59. The Morgan fingerprint density at radius 2 is 1.90 bits per heavy atom. The Hall–Kier alpha value is -1.80. The van der Waals surface area contributed by atoms with Crippen LogP contribution >= 0.6 is 11.6 Å². The summed E-state index contributed by atoms with van der Waals surface area (Å²) >= 11 is 6.07. The lowest BCUT2D eigenvalue weighted by molar-refractivity contribution is 0.0985. The smallest absolute Gasteiger partial charge is 0.166 e. The van der Waals surface area contributed by atoms with E-state index in [0.29, 0.717) is 23.6 Å². The Bertz CT molecular complexity index is 624. The summed E-state index contributed by atoms with van der Waals surface area (Å²) in [7, 11) is 0. The second kappa shape index (κ2) is 7.28. The molecule has 0 aliphatic rings. The van der Waals surface area contributed by atoms with Crippen LogP contribution in [0.2, 0.25) is 5.02 Å². The van der Waals surface area contributed by atoms with E-state index >= 15 is 0 Å². The minimum Gasteiger partial charge on any atom is -0.371 e. The number of benzene rings is 2. The highest BCUT2D eigenvalue weighted by Gasteiger charge is 2.12. The van der Waals surface area contributed by atoms with E-state index in [1.54, 1.807) is 12.1 Å². The van der Waals surface area contributed by atoms with Crippen molar-refractivity contribution in [1.29, 1.82) is 0 Å². The monoisotopic (exact) mass is 301 g/mol. The van der Waals surface area contributed by atoms with Crippen LogP contribution in [0, 0.1) is 6.92 Å². The highest BCUT2D eigenvalue weighted by atomic mass is 35.5. The van der Waals surface area contributed by atoms with Crippen LogP contribution in [-0.4, -0.2) is 18.9 Å². The number of hydrogen-bond acceptors (Lipinski definition) is 2. The lowest BCUT2D eigenvalue weighted by Crippen LogP contribution is -2.25. The van der Waals surface area contributed by atoms with Gasteiger partial charge in [-0.25, -0.2) is 0 Å². The van der Waals surface area contributed by atoms with Crippen LogP contribution in [0.25, 0.3) is 0 Å². The zero-order chi connectivity index (χ0) is 15.2. The number of ketones is 1. The largest absolute Gasteiger partial charge is 0.371 e. The predicted molar refractivity (Wildman–Crippen MR) is 89.5 cm³/mol. The molecule has 2 rings (SSSR count). The van der Waals surface area contributed by atoms with Crippen molar-refractivity contribution < 1.29 is 4.79 Å². The summed E-state index contributed by atoms with van der Waals surface area (Å²) in [5, 5.41) is 0.529. The van der Waals surface area contributed by atoms with Crippen molar-refractivity contribution in [3.05, 3.63) is 64.7 Å². The predicted octanol–water partition coefficient (Wildman–Crippen LogP) is 4.75. The van der Waals surface area contributed by atoms with Gasteiger partial charge in [0.1, 0.15) is 0 Å². The maximum Gasteiger partial charge on any atom is 0.166 e. The first-order valence-electron chi connectivity index (χ1n) is 7.21. The Labute approximate surface area is 131 Å². The van der Waals surface area contributed by atoms with Gasteiger partial charge in [0.15, 0.2) is 5.78 Å². The molecular formula is C18H20ClNO. The lowest BCUT2D eigenvalue weighted by atomic mass is 10.1. The van der Waals surface area contributed by atoms with Crippen molar-refractivity contribution in [1.82, 2.24) is 0 Å². The highest BCUT2D eigenvalue weighted by molar-refractivity contribution is 6.33. The highest BCUT2D eigenvalue weighted by Crippen LogP contribution is 2.19. The molecule has 0 aromatic heterocycles. The number of nitrogens with zero attached hydrogens (tertiary/aromatic N) is 1. The van der Waals surface area contributed by atoms with Crippen LogP contribution in [0.1, 0.15) is 29.3 Å². The van der Waals surface area contributed by atoms with Gasteiger partial charge in [0.2, 0.25) is 0 Å². The van der Waals surface area contributed by atoms with Crippen LogP contribution in [-0.2, 0) is 0 Å². The Kier molecular flexibility index (Phi) is 5.40. The van der Waals surface area contributed by atoms with Gasteiger partial charge in [-0.05, 0) is 43.7 Å². The second-order valence-electron chi connectivity index (χ2n) is 5.07. The molecule has 0 radical (unpaired) electrons. The fraction of sp³-hybridized carbons (Fsp3) is 0.278. The summed E-state index contributed by atoms with van der Waals surface area (Å²) in [6.07, 6.45) is 0.464. The third-order valence-electron chi connectivity index (χ3n) is 3.53. The SMILES string of the molecule is CCN(CCC(=O)c1ccccc1Cl)c1cccc(C)c1. The molecule has 2 aromatic carbocycles. The fourth-order valence-corrected chi connectivity index (χ4v) is 2.59. The van der Waals surface area contributed by atoms with Gasteiger partial charge >= 0.3 is 0 Å². The number of carbonyl (C=O) groups is 1. The second-order valence-corrected chi connectivity index (χ2v) is 5.48. The van der Waals surface area contributed by atoms with E-state index in [0.717, 1.165) is 12.2 Å². The fourth-order valence-electron chi connectivity index (χ4n) is 2.35. The Morgan fingerprint density at radius 1 is 1.14 bits per heavy atom. The molecular weight excluding hydrogens is 282 g/mol. The maximum absolute atomic E-state index is 12.3. The number of aryl methyl sites for hydroxylation is 1. The van der Waals surface area contributed by atoms with Gasteiger partial charge in [0.25, 0.3) is 0 Å². The van der Waals surface area contributed by atoms with Gasteiger partial charge in [-0.3, -0.25) is 4.79 Å². The average Bonchev–Trinajstić information content (AvgIpc) is 2.48. The lowest BCUT2D eigenvalue weighted by Gasteiger charge is -2.23. The molecule has 0 aliphatic heterocycles. The average molecular weight is 302 g/mol. The Morgan fingerprint density at radius 3 is 2.57 bits per heavy atom. The van der Waals surface area contributed by atoms with Gasteiger partial charge in [-0.15, -0.1) is 0 Å². The van der Waals surface area contributed by atoms with Crippen molar-refractivity contribution in [2.75, 3.05) is 18.0 Å². The number of anilines is 1. The molecule has 0 aliphatic carbocycles. The molecule has 0 bridgehead atoms. The summed E-state index contributed by atoms with van der Waals surface area (Å²) in [5.41, 5.74) is 2.99. The van der Waals surface area contributed by atoms with Crippen molar-refractivity contribution in [2.24, 2.45) is 0 Å². The van der Waals surface area contributed by atoms with E-state index in [1.807, 2.05) is 18.2 Å². The van der Waals surface area contributed by atoms with Crippen LogP contribution in [0.3, 0.4) is 0 Å². The molecule has 110 valence electrons. The molecule has 21 heavy (non-hydrogen) atoms. The van der Waals surface area contributed by atoms with Gasteiger partial charge in [-0.1, -0.05) is 35.9 Å². The topological polar surface area (TPSA) is 20.3 Å². The van der Waals surface area contributed by atoms with Crippen molar-refractivity contribution in [3.63, 3.8) is 0 Å². The van der Waals surface area contributed by atoms with Crippen LogP contribution in [0.5, 0.6) is 0 Å². The Balaban J connectivity index is 2.04. The third-order valence-corrected chi connectivity index (χ3v) is 3.86. The van der Waals surface area contributed by atoms with Crippen molar-refractivity contribution >= 4 is 23.1 Å². The van der Waals surface area contributed by atoms with Crippen molar-refractivity contribution in [3.8, 4) is 0 Å². The summed E-state index contributed by atoms with van der Waals surface area (Å²) in [5.74, 6) is 0.0895. The van der Waals surface area contributed by atoms with Gasteiger partial charge < -0.3 is 4.90 Å². The molecule has 0 N–H and O–H groups in total. The summed E-state index contributed by atoms with van der Waals surface area (Å²) in [6, 6.07) is 15.6. The van der Waals surface area contributed by atoms with Crippen LogP contribution < -0.4 is 4.90 Å². The maximum atomic E-state index is 12.3. The number of carbonyl (C=O) groups excluding carboxylic acids is 1. The molecule has 0 saturated heterocycles. The van der Waals surface area contributed by atoms with Crippen LogP contribution in [0.4, 0.5) is 5.69 Å². The normalized spacial score (nSPS) is 10.4. The third kappa shape index (κ3) is 4.08. The molecule has 0 heterocycles. The zero-order valence-corrected chi connectivity index (χ0v) is 13.2. The molecule has 0 fully saturated rings. The van der Waals surface area contributed by atoms with E-state index < -0.39 is 0 Å². The minimum absolute atomic E-state index is 0.0895. The van der Waals surface area contributed by atoms with E-state index in [1.165, 1.54) is 5.56 Å². The first kappa shape index (κ1) is 15.6. The molecule has 3 heteroatoms. The van der Waals surface area contributed by atoms with Gasteiger partial charge in [-0.2, -0.15) is 0 Å². The standard InChI is InChI=1S/C18H20ClNO/c1-3-20(15-8-6-7-14(2)13-15)12-11-18(21)16-9-4-5-10-17(16)19/h4-10,13H,3,11-12H2,1-2H3. The molecule has 0 unspecified atom stereocenters.